The van der Waals surface area contributed by atoms with Crippen molar-refractivity contribution in [2.75, 3.05) is 20.2 Å². The predicted octanol–water partition coefficient (Wildman–Crippen LogP) is 1.55. The molecule has 1 aromatic carbocycles. The molecule has 1 aliphatic rings. The van der Waals surface area contributed by atoms with Crippen LogP contribution in [0, 0.1) is 11.8 Å². The third-order valence-electron chi connectivity index (χ3n) is 3.65. The summed E-state index contributed by atoms with van der Waals surface area (Å²) in [5, 5.41) is 18.8. The van der Waals surface area contributed by atoms with E-state index in [9.17, 15) is 9.90 Å². The van der Waals surface area contributed by atoms with Crippen molar-refractivity contribution >= 4 is 5.97 Å². The van der Waals surface area contributed by atoms with Crippen LogP contribution < -0.4 is 4.74 Å². The van der Waals surface area contributed by atoms with Gasteiger partial charge in [0.15, 0.2) is 11.5 Å². The number of carbonyl (C=O) groups is 1. The molecule has 19 heavy (non-hydrogen) atoms. The number of hydrogen-bond acceptors (Lipinski definition) is 4. The normalized spacial score (nSPS) is 23.5. The first-order valence-electron chi connectivity index (χ1n) is 6.32. The van der Waals surface area contributed by atoms with Gasteiger partial charge in [-0.25, -0.2) is 0 Å². The summed E-state index contributed by atoms with van der Waals surface area (Å²) in [6, 6.07) is 5.27. The van der Waals surface area contributed by atoms with Gasteiger partial charge in [0.1, 0.15) is 0 Å². The third kappa shape index (κ3) is 2.98. The molecule has 1 fully saturated rings. The Kier molecular flexibility index (Phi) is 3.95. The lowest BCUT2D eigenvalue weighted by Crippen LogP contribution is -2.23. The van der Waals surface area contributed by atoms with E-state index in [1.165, 1.54) is 7.11 Å². The largest absolute Gasteiger partial charge is 0.504 e. The summed E-state index contributed by atoms with van der Waals surface area (Å²) < 4.78 is 4.99. The van der Waals surface area contributed by atoms with Crippen molar-refractivity contribution in [2.45, 2.75) is 13.5 Å². The molecule has 0 aromatic heterocycles. The first-order valence-corrected chi connectivity index (χ1v) is 6.32. The standard InChI is InChI=1S/C14H19NO4/c1-9-6-15(8-11(9)14(17)18)7-10-3-4-13(19-2)12(16)5-10/h3-5,9,11,16H,6-8H2,1-2H3,(H,17,18)/t9-,11-/m1/s1. The Labute approximate surface area is 112 Å². The van der Waals surface area contributed by atoms with E-state index in [4.69, 9.17) is 9.84 Å². The van der Waals surface area contributed by atoms with Gasteiger partial charge in [-0.3, -0.25) is 9.69 Å². The molecule has 0 saturated carbocycles. The van der Waals surface area contributed by atoms with Crippen LogP contribution in [0.5, 0.6) is 11.5 Å². The number of nitrogens with zero attached hydrogens (tertiary/aromatic N) is 1. The van der Waals surface area contributed by atoms with Crippen molar-refractivity contribution in [1.29, 1.82) is 0 Å². The molecule has 2 rings (SSSR count). The molecular formula is C14H19NO4. The van der Waals surface area contributed by atoms with Crippen LogP contribution in [-0.4, -0.2) is 41.3 Å². The molecule has 0 unspecified atom stereocenters. The van der Waals surface area contributed by atoms with Gasteiger partial charge in [-0.15, -0.1) is 0 Å². The number of aromatic hydroxyl groups is 1. The highest BCUT2D eigenvalue weighted by molar-refractivity contribution is 5.71. The number of rotatable bonds is 4. The molecule has 0 radical (unpaired) electrons. The maximum Gasteiger partial charge on any atom is 0.308 e. The topological polar surface area (TPSA) is 70.0 Å². The van der Waals surface area contributed by atoms with Crippen LogP contribution in [0.4, 0.5) is 0 Å². The second kappa shape index (κ2) is 5.48. The minimum absolute atomic E-state index is 0.113. The summed E-state index contributed by atoms with van der Waals surface area (Å²) in [7, 11) is 1.51. The lowest BCUT2D eigenvalue weighted by molar-refractivity contribution is -0.142. The SMILES string of the molecule is COc1ccc(CN2C[C@@H](C)[C@H](C(=O)O)C2)cc1O. The molecular weight excluding hydrogens is 246 g/mol. The number of carboxylic acid groups (broad SMARTS) is 1. The molecule has 0 amide bonds. The van der Waals surface area contributed by atoms with Crippen LogP contribution >= 0.6 is 0 Å². The van der Waals surface area contributed by atoms with Crippen LogP contribution in [0.1, 0.15) is 12.5 Å². The maximum absolute atomic E-state index is 11.1. The number of aliphatic carboxylic acids is 1. The van der Waals surface area contributed by atoms with Gasteiger partial charge in [0, 0.05) is 19.6 Å². The van der Waals surface area contributed by atoms with E-state index in [0.29, 0.717) is 18.8 Å². The van der Waals surface area contributed by atoms with E-state index in [2.05, 4.69) is 4.90 Å². The highest BCUT2D eigenvalue weighted by Crippen LogP contribution is 2.29. The Bertz CT molecular complexity index is 475. The first kappa shape index (κ1) is 13.7. The zero-order chi connectivity index (χ0) is 14.0. The van der Waals surface area contributed by atoms with Crippen LogP contribution in [-0.2, 0) is 11.3 Å². The number of hydrogen-bond donors (Lipinski definition) is 2. The van der Waals surface area contributed by atoms with Crippen LogP contribution in [0.25, 0.3) is 0 Å². The fraction of sp³-hybridized carbons (Fsp3) is 0.500. The fourth-order valence-corrected chi connectivity index (χ4v) is 2.61. The van der Waals surface area contributed by atoms with E-state index in [-0.39, 0.29) is 17.6 Å². The van der Waals surface area contributed by atoms with Gasteiger partial charge in [-0.2, -0.15) is 0 Å². The van der Waals surface area contributed by atoms with Crippen molar-refractivity contribution in [3.05, 3.63) is 23.8 Å². The molecule has 104 valence electrons. The second-order valence-electron chi connectivity index (χ2n) is 5.12. The molecule has 0 spiro atoms. The highest BCUT2D eigenvalue weighted by atomic mass is 16.5. The first-order chi connectivity index (χ1) is 9.01. The van der Waals surface area contributed by atoms with Crippen molar-refractivity contribution in [3.63, 3.8) is 0 Å². The van der Waals surface area contributed by atoms with Gasteiger partial charge in [0.2, 0.25) is 0 Å². The van der Waals surface area contributed by atoms with Crippen LogP contribution in [0.3, 0.4) is 0 Å². The summed E-state index contributed by atoms with van der Waals surface area (Å²) in [4.78, 5) is 13.2. The minimum Gasteiger partial charge on any atom is -0.504 e. The van der Waals surface area contributed by atoms with Gasteiger partial charge in [-0.1, -0.05) is 13.0 Å². The van der Waals surface area contributed by atoms with E-state index in [1.54, 1.807) is 12.1 Å². The maximum atomic E-state index is 11.1. The Morgan fingerprint density at radius 2 is 2.21 bits per heavy atom. The Morgan fingerprint density at radius 1 is 1.47 bits per heavy atom. The molecule has 1 saturated heterocycles. The number of phenolic OH excluding ortho intramolecular Hbond substituents is 1. The third-order valence-corrected chi connectivity index (χ3v) is 3.65. The quantitative estimate of drug-likeness (QED) is 0.864. The van der Waals surface area contributed by atoms with Gasteiger partial charge in [0.05, 0.1) is 13.0 Å². The van der Waals surface area contributed by atoms with E-state index in [1.807, 2.05) is 13.0 Å². The second-order valence-corrected chi connectivity index (χ2v) is 5.12. The molecule has 1 aromatic rings. The highest BCUT2D eigenvalue weighted by Gasteiger charge is 2.34. The summed E-state index contributed by atoms with van der Waals surface area (Å²) >= 11 is 0. The average Bonchev–Trinajstić information content (AvgIpc) is 2.70. The average molecular weight is 265 g/mol. The van der Waals surface area contributed by atoms with E-state index in [0.717, 1.165) is 12.1 Å². The molecule has 1 heterocycles. The fourth-order valence-electron chi connectivity index (χ4n) is 2.61. The van der Waals surface area contributed by atoms with Gasteiger partial charge in [0.25, 0.3) is 0 Å². The summed E-state index contributed by atoms with van der Waals surface area (Å²) in [5.74, 6) is -0.312. The van der Waals surface area contributed by atoms with Gasteiger partial charge in [-0.05, 0) is 23.6 Å². The van der Waals surface area contributed by atoms with Crippen molar-refractivity contribution < 1.29 is 19.7 Å². The number of benzene rings is 1. The predicted molar refractivity (Wildman–Crippen MR) is 70.2 cm³/mol. The number of likely N-dealkylation sites (tertiary alicyclic amines) is 1. The van der Waals surface area contributed by atoms with Crippen molar-refractivity contribution in [1.82, 2.24) is 4.90 Å². The van der Waals surface area contributed by atoms with Crippen molar-refractivity contribution in [3.8, 4) is 11.5 Å². The van der Waals surface area contributed by atoms with Crippen LogP contribution in [0.2, 0.25) is 0 Å². The Morgan fingerprint density at radius 3 is 2.74 bits per heavy atom. The monoisotopic (exact) mass is 265 g/mol. The zero-order valence-corrected chi connectivity index (χ0v) is 11.2. The lowest BCUT2D eigenvalue weighted by atomic mass is 9.99. The molecule has 0 bridgehead atoms. The zero-order valence-electron chi connectivity index (χ0n) is 11.2. The summed E-state index contributed by atoms with van der Waals surface area (Å²) in [6.07, 6.45) is 0. The smallest absolute Gasteiger partial charge is 0.308 e. The van der Waals surface area contributed by atoms with Crippen molar-refractivity contribution in [2.24, 2.45) is 11.8 Å². The Hall–Kier alpha value is -1.75. The molecule has 5 heteroatoms. The molecule has 2 atom stereocenters. The van der Waals surface area contributed by atoms with E-state index < -0.39 is 5.97 Å². The van der Waals surface area contributed by atoms with E-state index >= 15 is 0 Å². The number of phenols is 1. The number of methoxy groups -OCH3 is 1. The number of carboxylic acids is 1. The van der Waals surface area contributed by atoms with Crippen LogP contribution in [0.15, 0.2) is 18.2 Å². The summed E-state index contributed by atoms with van der Waals surface area (Å²) in [6.45, 7) is 3.93. The van der Waals surface area contributed by atoms with Gasteiger partial charge < -0.3 is 14.9 Å². The Balaban J connectivity index is 2.03. The minimum atomic E-state index is -0.729. The summed E-state index contributed by atoms with van der Waals surface area (Å²) in [5.41, 5.74) is 0.955. The molecule has 2 N–H and O–H groups in total. The van der Waals surface area contributed by atoms with Gasteiger partial charge >= 0.3 is 5.97 Å². The molecule has 5 nitrogen and oxygen atoms in total. The number of ether oxygens (including phenoxy) is 1. The molecule has 1 aliphatic heterocycles. The molecule has 0 aliphatic carbocycles. The lowest BCUT2D eigenvalue weighted by Gasteiger charge is -2.16.